The number of nitrogens with zero attached hydrogens (tertiary/aromatic N) is 3. The van der Waals surface area contributed by atoms with Crippen LogP contribution in [0.3, 0.4) is 0 Å². The molecule has 0 bridgehead atoms. The molecule has 0 saturated carbocycles. The van der Waals surface area contributed by atoms with Crippen molar-refractivity contribution in [2.75, 3.05) is 25.1 Å². The molecule has 0 radical (unpaired) electrons. The van der Waals surface area contributed by atoms with E-state index in [9.17, 15) is 4.39 Å². The molecule has 2 heterocycles. The monoisotopic (exact) mass is 345 g/mol. The zero-order valence-corrected chi connectivity index (χ0v) is 14.7. The van der Waals surface area contributed by atoms with E-state index in [1.807, 2.05) is 13.0 Å². The van der Waals surface area contributed by atoms with E-state index < -0.39 is 0 Å². The zero-order chi connectivity index (χ0) is 17.6. The van der Waals surface area contributed by atoms with Crippen molar-refractivity contribution in [2.45, 2.75) is 39.1 Å². The number of methoxy groups -OCH3 is 1. The third-order valence-corrected chi connectivity index (χ3v) is 4.33. The Bertz CT molecular complexity index is 686. The van der Waals surface area contributed by atoms with Crippen molar-refractivity contribution >= 4 is 5.82 Å². The summed E-state index contributed by atoms with van der Waals surface area (Å²) in [6.07, 6.45) is 2.12. The van der Waals surface area contributed by atoms with Crippen molar-refractivity contribution in [1.29, 1.82) is 0 Å². The molecule has 1 fully saturated rings. The van der Waals surface area contributed by atoms with Crippen LogP contribution < -0.4 is 4.90 Å². The fourth-order valence-corrected chi connectivity index (χ4v) is 3.01. The van der Waals surface area contributed by atoms with Crippen molar-refractivity contribution < 1.29 is 13.9 Å². The van der Waals surface area contributed by atoms with Crippen molar-refractivity contribution in [2.24, 2.45) is 0 Å². The lowest BCUT2D eigenvalue weighted by molar-refractivity contribution is 0.0250. The van der Waals surface area contributed by atoms with Gasteiger partial charge in [-0.1, -0.05) is 12.1 Å². The van der Waals surface area contributed by atoms with Crippen LogP contribution in [0.2, 0.25) is 0 Å². The summed E-state index contributed by atoms with van der Waals surface area (Å²) in [6.45, 7) is 4.72. The lowest BCUT2D eigenvalue weighted by Gasteiger charge is -2.33. The second-order valence-corrected chi connectivity index (χ2v) is 6.34. The topological polar surface area (TPSA) is 47.5 Å². The van der Waals surface area contributed by atoms with Crippen molar-refractivity contribution in [3.05, 3.63) is 53.2 Å². The average molecular weight is 345 g/mol. The van der Waals surface area contributed by atoms with Gasteiger partial charge in [-0.2, -0.15) is 0 Å². The Kier molecular flexibility index (Phi) is 5.94. The van der Waals surface area contributed by atoms with Crippen molar-refractivity contribution in [3.63, 3.8) is 0 Å². The van der Waals surface area contributed by atoms with Crippen LogP contribution >= 0.6 is 0 Å². The number of piperidine rings is 1. The van der Waals surface area contributed by atoms with Gasteiger partial charge in [-0.05, 0) is 37.5 Å². The van der Waals surface area contributed by atoms with Crippen molar-refractivity contribution in [3.8, 4) is 0 Å². The van der Waals surface area contributed by atoms with Crippen LogP contribution in [0.4, 0.5) is 10.2 Å². The predicted octanol–water partition coefficient (Wildman–Crippen LogP) is 3.26. The quantitative estimate of drug-likeness (QED) is 0.804. The Balaban J connectivity index is 1.52. The maximum atomic E-state index is 12.9. The van der Waals surface area contributed by atoms with Gasteiger partial charge >= 0.3 is 0 Å². The van der Waals surface area contributed by atoms with Gasteiger partial charge in [0.1, 0.15) is 18.2 Å². The van der Waals surface area contributed by atoms with Crippen LogP contribution in [-0.4, -0.2) is 36.3 Å². The molecule has 1 aliphatic heterocycles. The molecule has 134 valence electrons. The number of aryl methyl sites for hydroxylation is 1. The zero-order valence-electron chi connectivity index (χ0n) is 14.7. The van der Waals surface area contributed by atoms with E-state index in [0.29, 0.717) is 19.0 Å². The van der Waals surface area contributed by atoms with Crippen LogP contribution in [0, 0.1) is 12.7 Å². The largest absolute Gasteiger partial charge is 0.377 e. The first kappa shape index (κ1) is 17.8. The van der Waals surface area contributed by atoms with E-state index in [1.54, 1.807) is 19.2 Å². The van der Waals surface area contributed by atoms with Gasteiger partial charge in [0, 0.05) is 32.0 Å². The molecule has 6 heteroatoms. The predicted molar refractivity (Wildman–Crippen MR) is 93.9 cm³/mol. The summed E-state index contributed by atoms with van der Waals surface area (Å²) in [5, 5.41) is 0. The average Bonchev–Trinajstić information content (AvgIpc) is 2.61. The first-order valence-electron chi connectivity index (χ1n) is 8.58. The highest BCUT2D eigenvalue weighted by Crippen LogP contribution is 2.21. The maximum Gasteiger partial charge on any atom is 0.156 e. The molecule has 0 amide bonds. The molecule has 1 aromatic heterocycles. The van der Waals surface area contributed by atoms with Crippen molar-refractivity contribution in [1.82, 2.24) is 9.97 Å². The van der Waals surface area contributed by atoms with Gasteiger partial charge in [0.05, 0.1) is 12.7 Å². The molecule has 25 heavy (non-hydrogen) atoms. The Morgan fingerprint density at radius 1 is 1.12 bits per heavy atom. The van der Waals surface area contributed by atoms with E-state index in [2.05, 4.69) is 14.9 Å². The number of hydrogen-bond donors (Lipinski definition) is 0. The number of aromatic nitrogens is 2. The smallest absolute Gasteiger partial charge is 0.156 e. The lowest BCUT2D eigenvalue weighted by atomic mass is 10.1. The summed E-state index contributed by atoms with van der Waals surface area (Å²) < 4.78 is 24.0. The number of anilines is 1. The number of benzene rings is 1. The highest BCUT2D eigenvalue weighted by atomic mass is 19.1. The van der Waals surface area contributed by atoms with Gasteiger partial charge in [0.2, 0.25) is 0 Å². The summed E-state index contributed by atoms with van der Waals surface area (Å²) in [4.78, 5) is 11.2. The molecule has 3 rings (SSSR count). The number of halogens is 1. The van der Waals surface area contributed by atoms with E-state index in [4.69, 9.17) is 9.47 Å². The summed E-state index contributed by atoms with van der Waals surface area (Å²) in [7, 11) is 1.65. The Hall–Kier alpha value is -2.05. The van der Waals surface area contributed by atoms with E-state index >= 15 is 0 Å². The third-order valence-electron chi connectivity index (χ3n) is 4.33. The Labute approximate surface area is 147 Å². The minimum Gasteiger partial charge on any atom is -0.377 e. The first-order chi connectivity index (χ1) is 12.1. The van der Waals surface area contributed by atoms with Crippen LogP contribution in [-0.2, 0) is 22.7 Å². The fourth-order valence-electron chi connectivity index (χ4n) is 3.01. The summed E-state index contributed by atoms with van der Waals surface area (Å²) in [6, 6.07) is 8.49. The van der Waals surface area contributed by atoms with E-state index in [0.717, 1.165) is 43.0 Å². The van der Waals surface area contributed by atoms with Crippen LogP contribution in [0.1, 0.15) is 29.9 Å². The second kappa shape index (κ2) is 8.36. The molecule has 1 saturated heterocycles. The van der Waals surface area contributed by atoms with E-state index in [-0.39, 0.29) is 11.9 Å². The van der Waals surface area contributed by atoms with Crippen LogP contribution in [0.25, 0.3) is 0 Å². The van der Waals surface area contributed by atoms with Gasteiger partial charge in [-0.3, -0.25) is 0 Å². The van der Waals surface area contributed by atoms with Crippen LogP contribution in [0.15, 0.2) is 30.3 Å². The molecular weight excluding hydrogens is 321 g/mol. The molecule has 1 aromatic carbocycles. The number of ether oxygens (including phenoxy) is 2. The molecule has 0 atom stereocenters. The SMILES string of the molecule is COCc1nc(C)cc(N2CCC(OCc3ccc(F)cc3)CC2)n1. The lowest BCUT2D eigenvalue weighted by Crippen LogP contribution is -2.37. The summed E-state index contributed by atoms with van der Waals surface area (Å²) in [5.74, 6) is 1.45. The Morgan fingerprint density at radius 2 is 1.84 bits per heavy atom. The van der Waals surface area contributed by atoms with Gasteiger partial charge in [-0.15, -0.1) is 0 Å². The van der Waals surface area contributed by atoms with Gasteiger partial charge in [0.25, 0.3) is 0 Å². The highest BCUT2D eigenvalue weighted by Gasteiger charge is 2.21. The molecule has 0 aliphatic carbocycles. The third kappa shape index (κ3) is 4.96. The minimum absolute atomic E-state index is 0.218. The number of rotatable bonds is 6. The molecule has 2 aromatic rings. The Morgan fingerprint density at radius 3 is 2.52 bits per heavy atom. The molecule has 0 spiro atoms. The van der Waals surface area contributed by atoms with Gasteiger partial charge in [-0.25, -0.2) is 14.4 Å². The fraction of sp³-hybridized carbons (Fsp3) is 0.474. The van der Waals surface area contributed by atoms with Gasteiger partial charge in [0.15, 0.2) is 5.82 Å². The summed E-state index contributed by atoms with van der Waals surface area (Å²) >= 11 is 0. The number of hydrogen-bond acceptors (Lipinski definition) is 5. The first-order valence-corrected chi connectivity index (χ1v) is 8.58. The molecule has 1 aliphatic rings. The van der Waals surface area contributed by atoms with Gasteiger partial charge < -0.3 is 14.4 Å². The second-order valence-electron chi connectivity index (χ2n) is 6.34. The normalized spacial score (nSPS) is 15.6. The minimum atomic E-state index is -0.218. The molecule has 0 N–H and O–H groups in total. The highest BCUT2D eigenvalue weighted by molar-refractivity contribution is 5.40. The molecule has 5 nitrogen and oxygen atoms in total. The molecule has 0 unspecified atom stereocenters. The van der Waals surface area contributed by atoms with E-state index in [1.165, 1.54) is 12.1 Å². The van der Waals surface area contributed by atoms with Crippen LogP contribution in [0.5, 0.6) is 0 Å². The standard InChI is InChI=1S/C19H24FN3O2/c1-14-11-19(22-18(21-14)13-24-2)23-9-7-17(8-10-23)25-12-15-3-5-16(20)6-4-15/h3-6,11,17H,7-10,12-13H2,1-2H3. The molecular formula is C19H24FN3O2. The maximum absolute atomic E-state index is 12.9. The summed E-state index contributed by atoms with van der Waals surface area (Å²) in [5.41, 5.74) is 1.95.